The Kier molecular flexibility index (Phi) is 6.16. The van der Waals surface area contributed by atoms with Gasteiger partial charge in [-0.05, 0) is 30.2 Å². The molecule has 0 saturated carbocycles. The highest BCUT2D eigenvalue weighted by atomic mass is 32.2. The summed E-state index contributed by atoms with van der Waals surface area (Å²) in [5.74, 6) is 2.22. The van der Waals surface area contributed by atoms with Gasteiger partial charge in [-0.15, -0.1) is 11.3 Å². The first-order chi connectivity index (χ1) is 9.31. The molecule has 2 rings (SSSR count). The molecule has 1 aliphatic heterocycles. The third kappa shape index (κ3) is 4.49. The Hall–Kier alpha value is -0.560. The minimum Gasteiger partial charge on any atom is -0.394 e. The molecule has 2 heterocycles. The van der Waals surface area contributed by atoms with Crippen LogP contribution in [-0.2, 0) is 16.9 Å². The van der Waals surface area contributed by atoms with Gasteiger partial charge in [0, 0.05) is 23.8 Å². The molecule has 1 aromatic rings. The standard InChI is InChI=1S/C13H19NO3S2/c15-4-6-17-5-1-3-14-13(16)12-8-10-9-18-7-2-11(10)19-12/h8,15H,1-7,9H2,(H,14,16). The number of thiophene rings is 1. The summed E-state index contributed by atoms with van der Waals surface area (Å²) in [4.78, 5) is 14.2. The number of hydrogen-bond acceptors (Lipinski definition) is 5. The number of ether oxygens (including phenoxy) is 1. The zero-order valence-electron chi connectivity index (χ0n) is 10.8. The fourth-order valence-corrected chi connectivity index (χ4v) is 4.18. The van der Waals surface area contributed by atoms with E-state index in [0.29, 0.717) is 19.8 Å². The number of carbonyl (C=O) groups is 1. The summed E-state index contributed by atoms with van der Waals surface area (Å²) in [5, 5.41) is 11.5. The van der Waals surface area contributed by atoms with Gasteiger partial charge in [0.15, 0.2) is 0 Å². The SMILES string of the molecule is O=C(NCCCOCCO)c1cc2c(s1)CCSC2. The molecule has 19 heavy (non-hydrogen) atoms. The summed E-state index contributed by atoms with van der Waals surface area (Å²) in [6.07, 6.45) is 1.86. The van der Waals surface area contributed by atoms with Crippen LogP contribution in [0.5, 0.6) is 0 Å². The first-order valence-corrected chi connectivity index (χ1v) is 8.44. The summed E-state index contributed by atoms with van der Waals surface area (Å²) in [5.41, 5.74) is 1.33. The summed E-state index contributed by atoms with van der Waals surface area (Å²) >= 11 is 3.56. The maximum atomic E-state index is 12.0. The Labute approximate surface area is 121 Å². The van der Waals surface area contributed by atoms with E-state index < -0.39 is 0 Å². The maximum absolute atomic E-state index is 12.0. The highest BCUT2D eigenvalue weighted by Crippen LogP contribution is 2.31. The van der Waals surface area contributed by atoms with Crippen molar-refractivity contribution in [3.8, 4) is 0 Å². The highest BCUT2D eigenvalue weighted by Gasteiger charge is 2.16. The van der Waals surface area contributed by atoms with Gasteiger partial charge in [0.05, 0.1) is 18.1 Å². The van der Waals surface area contributed by atoms with Crippen LogP contribution in [0.25, 0.3) is 0 Å². The Morgan fingerprint density at radius 2 is 2.37 bits per heavy atom. The van der Waals surface area contributed by atoms with Crippen molar-refractivity contribution in [1.82, 2.24) is 5.32 Å². The van der Waals surface area contributed by atoms with Crippen molar-refractivity contribution in [2.24, 2.45) is 0 Å². The lowest BCUT2D eigenvalue weighted by Crippen LogP contribution is -2.24. The molecular weight excluding hydrogens is 282 g/mol. The van der Waals surface area contributed by atoms with Gasteiger partial charge in [0.2, 0.25) is 0 Å². The van der Waals surface area contributed by atoms with Crippen molar-refractivity contribution in [2.75, 3.05) is 32.1 Å². The Bertz CT molecular complexity index is 397. The van der Waals surface area contributed by atoms with E-state index >= 15 is 0 Å². The molecule has 1 aliphatic rings. The molecule has 2 N–H and O–H groups in total. The fourth-order valence-electron chi connectivity index (χ4n) is 1.89. The van der Waals surface area contributed by atoms with E-state index in [1.807, 2.05) is 17.8 Å². The van der Waals surface area contributed by atoms with Crippen LogP contribution in [0.1, 0.15) is 26.5 Å². The minimum atomic E-state index is 0.0200. The molecule has 106 valence electrons. The zero-order valence-corrected chi connectivity index (χ0v) is 12.4. The van der Waals surface area contributed by atoms with Crippen molar-refractivity contribution in [3.63, 3.8) is 0 Å². The molecule has 0 fully saturated rings. The van der Waals surface area contributed by atoms with E-state index in [1.165, 1.54) is 10.4 Å². The molecule has 1 amide bonds. The third-order valence-corrected chi connectivity index (χ3v) is 5.08. The number of nitrogens with one attached hydrogen (secondary N) is 1. The van der Waals surface area contributed by atoms with Crippen LogP contribution in [0, 0.1) is 0 Å². The molecular formula is C13H19NO3S2. The van der Waals surface area contributed by atoms with Crippen molar-refractivity contribution in [2.45, 2.75) is 18.6 Å². The molecule has 0 saturated heterocycles. The van der Waals surface area contributed by atoms with Crippen molar-refractivity contribution in [1.29, 1.82) is 0 Å². The van der Waals surface area contributed by atoms with Gasteiger partial charge in [-0.25, -0.2) is 0 Å². The lowest BCUT2D eigenvalue weighted by molar-refractivity contribution is 0.0869. The summed E-state index contributed by atoms with van der Waals surface area (Å²) in [6, 6.07) is 2.03. The molecule has 0 bridgehead atoms. The zero-order chi connectivity index (χ0) is 13.5. The molecule has 4 nitrogen and oxygen atoms in total. The van der Waals surface area contributed by atoms with Crippen LogP contribution in [0.2, 0.25) is 0 Å². The second-order valence-electron chi connectivity index (χ2n) is 4.31. The van der Waals surface area contributed by atoms with Crippen molar-refractivity contribution < 1.29 is 14.6 Å². The number of aryl methyl sites for hydroxylation is 1. The van der Waals surface area contributed by atoms with E-state index in [1.54, 1.807) is 11.3 Å². The quantitative estimate of drug-likeness (QED) is 0.752. The Morgan fingerprint density at radius 1 is 1.47 bits per heavy atom. The Morgan fingerprint density at radius 3 is 3.16 bits per heavy atom. The fraction of sp³-hybridized carbons (Fsp3) is 0.615. The molecule has 0 atom stereocenters. The number of thioether (sulfide) groups is 1. The number of rotatable bonds is 7. The molecule has 0 radical (unpaired) electrons. The number of hydrogen-bond donors (Lipinski definition) is 2. The molecule has 6 heteroatoms. The van der Waals surface area contributed by atoms with Gasteiger partial charge >= 0.3 is 0 Å². The van der Waals surface area contributed by atoms with Gasteiger partial charge < -0.3 is 15.2 Å². The van der Waals surface area contributed by atoms with E-state index in [-0.39, 0.29) is 12.5 Å². The van der Waals surface area contributed by atoms with E-state index in [2.05, 4.69) is 5.32 Å². The van der Waals surface area contributed by atoms with Crippen LogP contribution in [0.4, 0.5) is 0 Å². The number of aliphatic hydroxyl groups is 1. The van der Waals surface area contributed by atoms with Crippen LogP contribution in [0.15, 0.2) is 6.07 Å². The maximum Gasteiger partial charge on any atom is 0.261 e. The third-order valence-electron chi connectivity index (χ3n) is 2.84. The van der Waals surface area contributed by atoms with Gasteiger partial charge in [-0.2, -0.15) is 11.8 Å². The molecule has 0 spiro atoms. The second kappa shape index (κ2) is 7.89. The minimum absolute atomic E-state index is 0.0200. The van der Waals surface area contributed by atoms with Crippen molar-refractivity contribution in [3.05, 3.63) is 21.4 Å². The van der Waals surface area contributed by atoms with E-state index in [4.69, 9.17) is 9.84 Å². The molecule has 0 aliphatic carbocycles. The monoisotopic (exact) mass is 301 g/mol. The molecule has 0 aromatic carbocycles. The van der Waals surface area contributed by atoms with Gasteiger partial charge in [0.25, 0.3) is 5.91 Å². The smallest absolute Gasteiger partial charge is 0.261 e. The average Bonchev–Trinajstić information content (AvgIpc) is 2.86. The van der Waals surface area contributed by atoms with Crippen LogP contribution < -0.4 is 5.32 Å². The lowest BCUT2D eigenvalue weighted by atomic mass is 10.2. The van der Waals surface area contributed by atoms with Crippen molar-refractivity contribution >= 4 is 29.0 Å². The summed E-state index contributed by atoms with van der Waals surface area (Å²) in [6.45, 7) is 1.59. The summed E-state index contributed by atoms with van der Waals surface area (Å²) < 4.78 is 5.14. The van der Waals surface area contributed by atoms with Crippen LogP contribution >= 0.6 is 23.1 Å². The first-order valence-electron chi connectivity index (χ1n) is 6.47. The highest BCUT2D eigenvalue weighted by molar-refractivity contribution is 7.98. The normalized spacial score (nSPS) is 14.2. The number of carbonyl (C=O) groups excluding carboxylic acids is 1. The van der Waals surface area contributed by atoms with Gasteiger partial charge in [-0.3, -0.25) is 4.79 Å². The Balaban J connectivity index is 1.72. The first kappa shape index (κ1) is 14.8. The van der Waals surface area contributed by atoms with E-state index in [0.717, 1.165) is 29.2 Å². The summed E-state index contributed by atoms with van der Waals surface area (Å²) in [7, 11) is 0. The molecule has 0 unspecified atom stereocenters. The number of aliphatic hydroxyl groups excluding tert-OH is 1. The predicted molar refractivity (Wildman–Crippen MR) is 79.0 cm³/mol. The largest absolute Gasteiger partial charge is 0.394 e. The van der Waals surface area contributed by atoms with E-state index in [9.17, 15) is 4.79 Å². The second-order valence-corrected chi connectivity index (χ2v) is 6.55. The topological polar surface area (TPSA) is 58.6 Å². The van der Waals surface area contributed by atoms with Crippen LogP contribution in [-0.4, -0.2) is 43.1 Å². The van der Waals surface area contributed by atoms with Crippen LogP contribution in [0.3, 0.4) is 0 Å². The number of fused-ring (bicyclic) bond motifs is 1. The average molecular weight is 301 g/mol. The molecule has 1 aromatic heterocycles. The lowest BCUT2D eigenvalue weighted by Gasteiger charge is -2.08. The predicted octanol–water partition coefficient (Wildman–Crippen LogP) is 1.67. The van der Waals surface area contributed by atoms with Gasteiger partial charge in [-0.1, -0.05) is 0 Å². The number of amides is 1. The van der Waals surface area contributed by atoms with Gasteiger partial charge in [0.1, 0.15) is 0 Å².